The average molecular weight is 361 g/mol. The summed E-state index contributed by atoms with van der Waals surface area (Å²) in [4.78, 5) is 12.5. The van der Waals surface area contributed by atoms with Crippen LogP contribution in [-0.4, -0.2) is 56.1 Å². The number of nitrogens with zero attached hydrogens (tertiary/aromatic N) is 5. The molecule has 0 atom stereocenters. The van der Waals surface area contributed by atoms with E-state index in [2.05, 4.69) is 10.3 Å². The molecule has 1 amide bonds. The first-order valence-corrected chi connectivity index (χ1v) is 8.49. The maximum atomic E-state index is 12.5. The van der Waals surface area contributed by atoms with Crippen molar-refractivity contribution in [2.75, 3.05) is 13.6 Å². The van der Waals surface area contributed by atoms with Crippen molar-refractivity contribution in [2.45, 2.75) is 40.2 Å². The Bertz CT molecular complexity index is 835. The fraction of sp³-hybridized carbons (Fsp3) is 0.500. The molecule has 2 rings (SSSR count). The molecule has 0 unspecified atom stereocenters. The lowest BCUT2D eigenvalue weighted by molar-refractivity contribution is -0.0116. The molecule has 1 aromatic carbocycles. The number of hydrazine groups is 1. The van der Waals surface area contributed by atoms with E-state index in [1.54, 1.807) is 32.5 Å². The van der Waals surface area contributed by atoms with Crippen LogP contribution < -0.4 is 0 Å². The molecule has 0 bridgehead atoms. The molecule has 0 saturated carbocycles. The van der Waals surface area contributed by atoms with Gasteiger partial charge in [-0.05, 0) is 52.8 Å². The standard InChI is InChI=1S/C18H27N5O3/c1-8-23(17(24)26-18(3,4)5)22(7)16(20-25)13-9-10-15-14(11-13)12(2)19-21(15)6/h9-11,25H,8H2,1-7H3/b20-16-. The van der Waals surface area contributed by atoms with Crippen LogP contribution in [0.1, 0.15) is 39.0 Å². The van der Waals surface area contributed by atoms with Gasteiger partial charge in [0.05, 0.1) is 11.2 Å². The van der Waals surface area contributed by atoms with E-state index in [-0.39, 0.29) is 5.84 Å². The monoisotopic (exact) mass is 361 g/mol. The van der Waals surface area contributed by atoms with E-state index in [4.69, 9.17) is 4.74 Å². The molecule has 1 heterocycles. The molecule has 8 heteroatoms. The van der Waals surface area contributed by atoms with Crippen molar-refractivity contribution in [3.63, 3.8) is 0 Å². The molecule has 8 nitrogen and oxygen atoms in total. The fourth-order valence-electron chi connectivity index (χ4n) is 2.78. The molecule has 0 fully saturated rings. The first kappa shape index (κ1) is 19.6. The van der Waals surface area contributed by atoms with Crippen LogP contribution in [0.3, 0.4) is 0 Å². The van der Waals surface area contributed by atoms with Crippen LogP contribution in [0.25, 0.3) is 10.9 Å². The molecule has 26 heavy (non-hydrogen) atoms. The maximum Gasteiger partial charge on any atom is 0.429 e. The Morgan fingerprint density at radius 1 is 1.38 bits per heavy atom. The number of carbonyl (C=O) groups excluding carboxylic acids is 1. The van der Waals surface area contributed by atoms with Crippen molar-refractivity contribution in [3.8, 4) is 0 Å². The minimum Gasteiger partial charge on any atom is -0.442 e. The largest absolute Gasteiger partial charge is 0.442 e. The van der Waals surface area contributed by atoms with Crippen LogP contribution in [-0.2, 0) is 11.8 Å². The van der Waals surface area contributed by atoms with Gasteiger partial charge in [-0.1, -0.05) is 5.16 Å². The highest BCUT2D eigenvalue weighted by atomic mass is 16.6. The fourth-order valence-corrected chi connectivity index (χ4v) is 2.78. The van der Waals surface area contributed by atoms with Crippen LogP contribution in [0.2, 0.25) is 0 Å². The lowest BCUT2D eigenvalue weighted by Gasteiger charge is -2.34. The number of oxime groups is 1. The number of ether oxygens (including phenoxy) is 1. The third-order valence-corrected chi connectivity index (χ3v) is 3.96. The van der Waals surface area contributed by atoms with Gasteiger partial charge in [0.25, 0.3) is 0 Å². The summed E-state index contributed by atoms with van der Waals surface area (Å²) in [6, 6.07) is 5.64. The zero-order valence-electron chi connectivity index (χ0n) is 16.4. The number of aryl methyl sites for hydroxylation is 2. The molecule has 0 saturated heterocycles. The summed E-state index contributed by atoms with van der Waals surface area (Å²) in [5, 5.41) is 21.2. The predicted molar refractivity (Wildman–Crippen MR) is 100 cm³/mol. The molecule has 0 aliphatic heterocycles. The lowest BCUT2D eigenvalue weighted by Crippen LogP contribution is -2.49. The van der Waals surface area contributed by atoms with Gasteiger partial charge >= 0.3 is 6.09 Å². The van der Waals surface area contributed by atoms with Gasteiger partial charge in [0.2, 0.25) is 0 Å². The van der Waals surface area contributed by atoms with Crippen LogP contribution in [0.4, 0.5) is 4.79 Å². The van der Waals surface area contributed by atoms with Crippen molar-refractivity contribution in [1.29, 1.82) is 0 Å². The Hall–Kier alpha value is -2.77. The average Bonchev–Trinajstić information content (AvgIpc) is 2.81. The van der Waals surface area contributed by atoms with Crippen LogP contribution in [0.15, 0.2) is 23.4 Å². The second-order valence-corrected chi connectivity index (χ2v) is 7.08. The van der Waals surface area contributed by atoms with E-state index in [0.29, 0.717) is 12.1 Å². The minimum atomic E-state index is -0.617. The molecule has 142 valence electrons. The van der Waals surface area contributed by atoms with Gasteiger partial charge in [0.15, 0.2) is 5.84 Å². The van der Waals surface area contributed by atoms with Crippen molar-refractivity contribution in [2.24, 2.45) is 12.2 Å². The molecule has 0 radical (unpaired) electrons. The Kier molecular flexibility index (Phi) is 5.44. The maximum absolute atomic E-state index is 12.5. The van der Waals surface area contributed by atoms with Gasteiger partial charge in [0, 0.05) is 31.6 Å². The number of amidine groups is 1. The van der Waals surface area contributed by atoms with Gasteiger partial charge in [-0.2, -0.15) is 5.10 Å². The first-order chi connectivity index (χ1) is 12.1. The van der Waals surface area contributed by atoms with Crippen molar-refractivity contribution in [3.05, 3.63) is 29.5 Å². The summed E-state index contributed by atoms with van der Waals surface area (Å²) < 4.78 is 7.23. The van der Waals surface area contributed by atoms with E-state index in [0.717, 1.165) is 16.6 Å². The predicted octanol–water partition coefficient (Wildman–Crippen LogP) is 3.12. The second kappa shape index (κ2) is 7.23. The number of benzene rings is 1. The zero-order chi connectivity index (χ0) is 19.6. The number of hydrogen-bond acceptors (Lipinski definition) is 5. The summed E-state index contributed by atoms with van der Waals surface area (Å²) in [5.74, 6) is 0.239. The van der Waals surface area contributed by atoms with E-state index in [1.165, 1.54) is 10.0 Å². The van der Waals surface area contributed by atoms with Gasteiger partial charge in [-0.3, -0.25) is 9.69 Å². The summed E-state index contributed by atoms with van der Waals surface area (Å²) >= 11 is 0. The summed E-state index contributed by atoms with van der Waals surface area (Å²) in [6.07, 6.45) is -0.512. The van der Waals surface area contributed by atoms with Crippen LogP contribution >= 0.6 is 0 Å². The van der Waals surface area contributed by atoms with E-state index in [9.17, 15) is 10.0 Å². The molecule has 0 aliphatic rings. The van der Waals surface area contributed by atoms with Crippen molar-refractivity contribution in [1.82, 2.24) is 19.8 Å². The number of aromatic nitrogens is 2. The first-order valence-electron chi connectivity index (χ1n) is 8.49. The summed E-state index contributed by atoms with van der Waals surface area (Å²) in [6.45, 7) is 9.52. The van der Waals surface area contributed by atoms with Gasteiger partial charge in [0.1, 0.15) is 5.60 Å². The number of hydrogen-bond donors (Lipinski definition) is 1. The van der Waals surface area contributed by atoms with E-state index >= 15 is 0 Å². The normalized spacial score (nSPS) is 12.3. The van der Waals surface area contributed by atoms with Crippen LogP contribution in [0.5, 0.6) is 0 Å². The number of amides is 1. The summed E-state index contributed by atoms with van der Waals surface area (Å²) in [7, 11) is 3.53. The molecule has 0 aliphatic carbocycles. The highest BCUT2D eigenvalue weighted by molar-refractivity contribution is 6.02. The Labute approximate surface area is 153 Å². The van der Waals surface area contributed by atoms with Gasteiger partial charge in [-0.25, -0.2) is 9.80 Å². The van der Waals surface area contributed by atoms with E-state index in [1.807, 2.05) is 39.1 Å². The topological polar surface area (TPSA) is 83.2 Å². The highest BCUT2D eigenvalue weighted by Crippen LogP contribution is 2.21. The smallest absolute Gasteiger partial charge is 0.429 e. The molecular formula is C18H27N5O3. The third-order valence-electron chi connectivity index (χ3n) is 3.96. The van der Waals surface area contributed by atoms with Gasteiger partial charge < -0.3 is 9.94 Å². The third kappa shape index (κ3) is 3.89. The zero-order valence-corrected chi connectivity index (χ0v) is 16.4. The highest BCUT2D eigenvalue weighted by Gasteiger charge is 2.27. The minimum absolute atomic E-state index is 0.239. The molecule has 1 N–H and O–H groups in total. The Balaban J connectivity index is 2.37. The Morgan fingerprint density at radius 3 is 2.58 bits per heavy atom. The molecule has 1 aromatic heterocycles. The second-order valence-electron chi connectivity index (χ2n) is 7.08. The number of carbonyl (C=O) groups is 1. The SMILES string of the molecule is CCN(C(=O)OC(C)(C)C)N(C)/C(=N\O)c1ccc2c(c1)c(C)nn2C. The van der Waals surface area contributed by atoms with Gasteiger partial charge in [-0.15, -0.1) is 0 Å². The lowest BCUT2D eigenvalue weighted by atomic mass is 10.1. The van der Waals surface area contributed by atoms with E-state index < -0.39 is 11.7 Å². The number of rotatable bonds is 2. The van der Waals surface area contributed by atoms with Crippen molar-refractivity contribution >= 4 is 22.8 Å². The van der Waals surface area contributed by atoms with Crippen molar-refractivity contribution < 1.29 is 14.7 Å². The molecular weight excluding hydrogens is 334 g/mol. The molecule has 2 aromatic rings. The molecule has 0 spiro atoms. The Morgan fingerprint density at radius 2 is 2.04 bits per heavy atom. The quantitative estimate of drug-likeness (QED) is 0.385. The van der Waals surface area contributed by atoms with Crippen LogP contribution in [0, 0.1) is 6.92 Å². The number of fused-ring (bicyclic) bond motifs is 1. The summed E-state index contributed by atoms with van der Waals surface area (Å²) in [5.41, 5.74) is 1.91.